The fourth-order valence-electron chi connectivity index (χ4n) is 6.72. The summed E-state index contributed by atoms with van der Waals surface area (Å²) in [4.78, 5) is 43.4. The molecule has 0 amide bonds. The molecule has 0 spiro atoms. The smallest absolute Gasteiger partial charge is 0.547 e. The molecule has 4 N–H and O–H groups in total. The second-order valence-electron chi connectivity index (χ2n) is 12.2. The summed E-state index contributed by atoms with van der Waals surface area (Å²) >= 11 is 0. The number of nitrogens with one attached hydrogen (secondary N) is 1. The van der Waals surface area contributed by atoms with E-state index < -0.39 is 48.0 Å². The molecule has 4 atom stereocenters. The van der Waals surface area contributed by atoms with Gasteiger partial charge in [-0.25, -0.2) is 9.37 Å². The average molecular weight is 694 g/mol. The molecule has 260 valence electrons. The topological polar surface area (TPSA) is 192 Å². The number of carboxylic acids is 1. The number of methoxy groups -OCH3 is 1. The van der Waals surface area contributed by atoms with Crippen LogP contribution in [0.5, 0.6) is 0 Å². The molecule has 0 fully saturated rings. The van der Waals surface area contributed by atoms with E-state index in [1.165, 1.54) is 30.7 Å². The molecule has 0 radical (unpaired) electrons. The summed E-state index contributed by atoms with van der Waals surface area (Å²) in [6, 6.07) is 2.26. The Hall–Kier alpha value is -2.63. The molecule has 3 heterocycles. The number of carbonyl (C=O) groups is 2. The van der Waals surface area contributed by atoms with Gasteiger partial charge in [0, 0.05) is 41.3 Å². The number of nitrogens with zero attached hydrogens (tertiary/aromatic N) is 2. The Balaban J connectivity index is 0.00000541. The number of hydrogen-bond acceptors (Lipinski definition) is 12. The minimum absolute atomic E-state index is 0. The van der Waals surface area contributed by atoms with E-state index in [1.54, 1.807) is 6.92 Å². The van der Waals surface area contributed by atoms with E-state index in [-0.39, 0.29) is 91.5 Å². The van der Waals surface area contributed by atoms with Gasteiger partial charge in [0.25, 0.3) is 5.56 Å². The second-order valence-corrected chi connectivity index (χ2v) is 12.2. The number of carbonyl (C=O) groups excluding carboxylic acids is 2. The molecule has 49 heavy (non-hydrogen) atoms. The molecule has 3 aromatic rings. The van der Waals surface area contributed by atoms with Gasteiger partial charge < -0.3 is 49.3 Å². The molecule has 1 aliphatic carbocycles. The standard InChI is InChI=1S/C34H42FN3O10.Na/c1-5-19(13-39)48-28(46-4)16-47-15-18(41)11-36-25-8-7-20-17(3)24(35)10-26-29(20)30(25)21-12-38-27(31(21)37-26)9-23(22(14-40)32(38)42)34(45,6-2)33(43)44;/h9-10,19,25,28,36,39-40,45H,5-8,11-16H2,1-4H3,(H,43,44);/q;+1/p-1/t19?,25-,28?,34-;/m0./s1. The van der Waals surface area contributed by atoms with Crippen molar-refractivity contribution < 1.29 is 78.2 Å². The number of ether oxygens (including phenoxy) is 3. The number of halogens is 1. The van der Waals surface area contributed by atoms with Crippen molar-refractivity contribution in [2.45, 2.75) is 83.6 Å². The minimum Gasteiger partial charge on any atom is -0.547 e. The fraction of sp³-hybridized carbons (Fsp3) is 0.529. The van der Waals surface area contributed by atoms with Crippen LogP contribution in [0.25, 0.3) is 22.3 Å². The van der Waals surface area contributed by atoms with Gasteiger partial charge in [0.15, 0.2) is 12.1 Å². The van der Waals surface area contributed by atoms with Gasteiger partial charge >= 0.3 is 29.6 Å². The summed E-state index contributed by atoms with van der Waals surface area (Å²) in [6.45, 7) is 3.71. The molecule has 1 aromatic carbocycles. The van der Waals surface area contributed by atoms with Crippen molar-refractivity contribution >= 4 is 22.7 Å². The zero-order valence-corrected chi connectivity index (χ0v) is 30.4. The van der Waals surface area contributed by atoms with Crippen LogP contribution in [0.15, 0.2) is 16.9 Å². The van der Waals surface area contributed by atoms with E-state index in [0.29, 0.717) is 41.6 Å². The Morgan fingerprint density at radius 1 is 1.24 bits per heavy atom. The summed E-state index contributed by atoms with van der Waals surface area (Å²) in [5, 5.41) is 46.6. The van der Waals surface area contributed by atoms with Gasteiger partial charge in [-0.2, -0.15) is 0 Å². The van der Waals surface area contributed by atoms with Crippen molar-refractivity contribution in [1.29, 1.82) is 0 Å². The molecule has 2 aliphatic rings. The number of aliphatic hydroxyl groups is 3. The van der Waals surface area contributed by atoms with Crippen molar-refractivity contribution in [2.75, 3.05) is 33.5 Å². The third kappa shape index (κ3) is 7.27. The molecule has 0 saturated heterocycles. The Bertz CT molecular complexity index is 1800. The molecule has 1 aliphatic heterocycles. The fourth-order valence-corrected chi connectivity index (χ4v) is 6.72. The molecule has 0 bridgehead atoms. The molecule has 0 saturated carbocycles. The van der Waals surface area contributed by atoms with Crippen LogP contribution in [0.1, 0.15) is 72.5 Å². The number of fused-ring (bicyclic) bond motifs is 4. The van der Waals surface area contributed by atoms with Crippen LogP contribution in [0.3, 0.4) is 0 Å². The summed E-state index contributed by atoms with van der Waals surface area (Å²) in [6.07, 6.45) is 0.0872. The number of aromatic nitrogens is 2. The van der Waals surface area contributed by atoms with Crippen LogP contribution in [0, 0.1) is 12.7 Å². The molecule has 2 aromatic heterocycles. The zero-order chi connectivity index (χ0) is 34.9. The van der Waals surface area contributed by atoms with Gasteiger partial charge in [0.1, 0.15) is 18.0 Å². The van der Waals surface area contributed by atoms with Crippen molar-refractivity contribution in [3.63, 3.8) is 0 Å². The molecule has 13 nitrogen and oxygen atoms in total. The predicted octanol–water partition coefficient (Wildman–Crippen LogP) is -2.36. The van der Waals surface area contributed by atoms with Crippen molar-refractivity contribution in [1.82, 2.24) is 14.9 Å². The molecular weight excluding hydrogens is 652 g/mol. The van der Waals surface area contributed by atoms with Gasteiger partial charge in [-0.05, 0) is 55.4 Å². The zero-order valence-electron chi connectivity index (χ0n) is 28.4. The number of carboxylic acid groups (broad SMARTS) is 1. The average Bonchev–Trinajstić information content (AvgIpc) is 3.45. The van der Waals surface area contributed by atoms with E-state index in [0.717, 1.165) is 16.5 Å². The van der Waals surface area contributed by atoms with Crippen molar-refractivity contribution in [2.24, 2.45) is 0 Å². The Morgan fingerprint density at radius 3 is 2.59 bits per heavy atom. The third-order valence-electron chi connectivity index (χ3n) is 9.52. The predicted molar refractivity (Wildman–Crippen MR) is 168 cm³/mol. The van der Waals surface area contributed by atoms with Crippen molar-refractivity contribution in [3.05, 3.63) is 61.7 Å². The number of ketones is 1. The molecule has 5 rings (SSSR count). The number of aryl methyl sites for hydroxylation is 1. The maximum Gasteiger partial charge on any atom is 1.00 e. The molecule has 15 heteroatoms. The first-order valence-corrected chi connectivity index (χ1v) is 16.0. The maximum atomic E-state index is 15.1. The van der Waals surface area contributed by atoms with Gasteiger partial charge in [0.05, 0.1) is 61.9 Å². The largest absolute Gasteiger partial charge is 1.00 e. The Labute approximate surface area is 304 Å². The SMILES string of the molecule is CCC(CO)OC(COCC(=O)CN[C@H]1CCc2c(C)c(F)cc3nc4c(c1c23)Cn1c-4cc([C@@](O)(CC)C(=O)[O-])c(CO)c1=O)OC.[Na+]. The number of benzene rings is 1. The van der Waals surface area contributed by atoms with Crippen molar-refractivity contribution in [3.8, 4) is 11.4 Å². The summed E-state index contributed by atoms with van der Waals surface area (Å²) < 4.78 is 32.9. The van der Waals surface area contributed by atoms with Crippen LogP contribution in [0.2, 0.25) is 0 Å². The summed E-state index contributed by atoms with van der Waals surface area (Å²) in [7, 11) is 1.44. The third-order valence-corrected chi connectivity index (χ3v) is 9.52. The van der Waals surface area contributed by atoms with E-state index in [4.69, 9.17) is 19.2 Å². The number of Topliss-reactive ketones (excluding diaryl/α,β-unsaturated/α-hetero) is 1. The number of hydrogen-bond donors (Lipinski definition) is 4. The Kier molecular flexibility index (Phi) is 12.9. The summed E-state index contributed by atoms with van der Waals surface area (Å²) in [5.74, 6) is -2.51. The van der Waals surface area contributed by atoms with E-state index in [1.807, 2.05) is 6.92 Å². The second kappa shape index (κ2) is 16.1. The number of pyridine rings is 2. The van der Waals surface area contributed by atoms with E-state index in [9.17, 15) is 34.8 Å². The van der Waals surface area contributed by atoms with Gasteiger partial charge in [-0.3, -0.25) is 9.59 Å². The number of aliphatic carboxylic acids is 1. The first kappa shape index (κ1) is 39.2. The minimum atomic E-state index is -2.55. The van der Waals surface area contributed by atoms with Gasteiger partial charge in [0.2, 0.25) is 0 Å². The Morgan fingerprint density at radius 2 is 1.98 bits per heavy atom. The number of aliphatic hydroxyl groups excluding tert-OH is 2. The van der Waals surface area contributed by atoms with E-state index >= 15 is 4.39 Å². The summed E-state index contributed by atoms with van der Waals surface area (Å²) in [5.41, 5.74) is -0.294. The van der Waals surface area contributed by atoms with E-state index in [2.05, 4.69) is 5.32 Å². The van der Waals surface area contributed by atoms with Gasteiger partial charge in [-0.15, -0.1) is 0 Å². The first-order valence-electron chi connectivity index (χ1n) is 16.0. The van der Waals surface area contributed by atoms with Crippen LogP contribution in [-0.2, 0) is 49.0 Å². The van der Waals surface area contributed by atoms with Gasteiger partial charge in [-0.1, -0.05) is 13.8 Å². The van der Waals surface area contributed by atoms with Crippen LogP contribution >= 0.6 is 0 Å². The normalized spacial score (nSPS) is 17.2. The first-order chi connectivity index (χ1) is 22.9. The monoisotopic (exact) mass is 693 g/mol. The number of rotatable bonds is 16. The molecule has 2 unspecified atom stereocenters. The van der Waals surface area contributed by atoms with Crippen LogP contribution in [0.4, 0.5) is 4.39 Å². The van der Waals surface area contributed by atoms with Crippen LogP contribution in [-0.4, -0.2) is 82.5 Å². The van der Waals surface area contributed by atoms with Crippen LogP contribution < -0.4 is 45.5 Å². The quantitative estimate of drug-likeness (QED) is 0.0722. The molecular formula is C34H41FN3NaO10. The maximum absolute atomic E-state index is 15.1.